The van der Waals surface area contributed by atoms with E-state index < -0.39 is 11.8 Å². The fourth-order valence-electron chi connectivity index (χ4n) is 1.36. The lowest BCUT2D eigenvalue weighted by molar-refractivity contribution is -0.124. The highest BCUT2D eigenvalue weighted by Crippen LogP contribution is 2.18. The van der Waals surface area contributed by atoms with Crippen molar-refractivity contribution in [3.8, 4) is 0 Å². The molecule has 0 spiro atoms. The quantitative estimate of drug-likeness (QED) is 0.778. The normalized spacial score (nSPS) is 12.1. The van der Waals surface area contributed by atoms with Gasteiger partial charge < -0.3 is 5.73 Å². The van der Waals surface area contributed by atoms with Crippen molar-refractivity contribution in [1.29, 1.82) is 0 Å². The summed E-state index contributed by atoms with van der Waals surface area (Å²) in [5.41, 5.74) is 6.03. The van der Waals surface area contributed by atoms with Crippen LogP contribution in [0, 0.1) is 0 Å². The van der Waals surface area contributed by atoms with Crippen molar-refractivity contribution in [2.45, 2.75) is 19.3 Å². The molecule has 0 heterocycles. The van der Waals surface area contributed by atoms with E-state index >= 15 is 0 Å². The Morgan fingerprint density at radius 3 is 2.29 bits per heavy atom. The Morgan fingerprint density at radius 2 is 1.86 bits per heavy atom. The molecule has 0 aliphatic heterocycles. The lowest BCUT2D eigenvalue weighted by Gasteiger charge is -2.11. The highest BCUT2D eigenvalue weighted by atomic mass is 16.1. The molecular formula is C11H13NO2. The van der Waals surface area contributed by atoms with Crippen LogP contribution in [0.5, 0.6) is 0 Å². The van der Waals surface area contributed by atoms with Crippen molar-refractivity contribution < 1.29 is 9.59 Å². The molecule has 1 unspecified atom stereocenters. The summed E-state index contributed by atoms with van der Waals surface area (Å²) in [6.07, 6.45) is 0.180. The topological polar surface area (TPSA) is 60.2 Å². The van der Waals surface area contributed by atoms with E-state index in [1.54, 1.807) is 12.1 Å². The molecule has 3 nitrogen and oxygen atoms in total. The molecule has 1 rings (SSSR count). The molecular weight excluding hydrogens is 178 g/mol. The van der Waals surface area contributed by atoms with Crippen molar-refractivity contribution in [1.82, 2.24) is 0 Å². The summed E-state index contributed by atoms with van der Waals surface area (Å²) in [5, 5.41) is 0. The predicted octanol–water partition coefficient (Wildman–Crippen LogP) is 1.23. The first-order chi connectivity index (χ1) is 6.61. The third-order valence-electron chi connectivity index (χ3n) is 2.04. The average Bonchev–Trinajstić information content (AvgIpc) is 2.15. The summed E-state index contributed by atoms with van der Waals surface area (Å²) in [5.74, 6) is -0.974. The van der Waals surface area contributed by atoms with Gasteiger partial charge in [-0.2, -0.15) is 0 Å². The number of amides is 1. The molecule has 3 heteroatoms. The van der Waals surface area contributed by atoms with Gasteiger partial charge in [0.25, 0.3) is 0 Å². The highest BCUT2D eigenvalue weighted by molar-refractivity contribution is 5.88. The standard InChI is InChI=1S/C11H13NO2/c1-8(13)7-10(11(12)14)9-5-3-2-4-6-9/h2-6,10H,7H2,1H3,(H2,12,14). The number of ketones is 1. The Balaban J connectivity index is 2.89. The molecule has 0 fully saturated rings. The molecule has 1 atom stereocenters. The Kier molecular flexibility index (Phi) is 3.40. The molecule has 0 aliphatic carbocycles. The molecule has 14 heavy (non-hydrogen) atoms. The Bertz CT molecular complexity index is 332. The summed E-state index contributed by atoms with van der Waals surface area (Å²) in [6.45, 7) is 1.46. The van der Waals surface area contributed by atoms with Gasteiger partial charge in [-0.05, 0) is 12.5 Å². The van der Waals surface area contributed by atoms with Crippen LogP contribution in [0.1, 0.15) is 24.8 Å². The zero-order valence-electron chi connectivity index (χ0n) is 8.07. The van der Waals surface area contributed by atoms with Gasteiger partial charge in [-0.15, -0.1) is 0 Å². The molecule has 0 aromatic heterocycles. The maximum Gasteiger partial charge on any atom is 0.225 e. The van der Waals surface area contributed by atoms with E-state index in [1.165, 1.54) is 6.92 Å². The number of nitrogens with two attached hydrogens (primary N) is 1. The maximum absolute atomic E-state index is 11.1. The summed E-state index contributed by atoms with van der Waals surface area (Å²) in [6, 6.07) is 9.11. The maximum atomic E-state index is 11.1. The number of carbonyl (C=O) groups is 2. The van der Waals surface area contributed by atoms with Crippen molar-refractivity contribution in [2.75, 3.05) is 0 Å². The van der Waals surface area contributed by atoms with Crippen LogP contribution in [0.3, 0.4) is 0 Å². The van der Waals surface area contributed by atoms with Crippen LogP contribution in [0.25, 0.3) is 0 Å². The van der Waals surface area contributed by atoms with Crippen molar-refractivity contribution in [3.05, 3.63) is 35.9 Å². The molecule has 0 aliphatic rings. The summed E-state index contributed by atoms with van der Waals surface area (Å²) in [4.78, 5) is 22.0. The molecule has 2 N–H and O–H groups in total. The fourth-order valence-corrected chi connectivity index (χ4v) is 1.36. The highest BCUT2D eigenvalue weighted by Gasteiger charge is 2.18. The summed E-state index contributed by atoms with van der Waals surface area (Å²) in [7, 11) is 0. The van der Waals surface area contributed by atoms with Crippen LogP contribution >= 0.6 is 0 Å². The number of Topliss-reactive ketones (excluding diaryl/α,β-unsaturated/α-hetero) is 1. The lowest BCUT2D eigenvalue weighted by atomic mass is 9.93. The number of hydrogen-bond donors (Lipinski definition) is 1. The van der Waals surface area contributed by atoms with E-state index in [0.29, 0.717) is 0 Å². The second kappa shape index (κ2) is 4.56. The minimum Gasteiger partial charge on any atom is -0.369 e. The number of benzene rings is 1. The molecule has 0 bridgehead atoms. The Labute approximate surface area is 82.9 Å². The van der Waals surface area contributed by atoms with Gasteiger partial charge >= 0.3 is 0 Å². The van der Waals surface area contributed by atoms with E-state index in [0.717, 1.165) is 5.56 Å². The van der Waals surface area contributed by atoms with Gasteiger partial charge in [0.15, 0.2) is 0 Å². The lowest BCUT2D eigenvalue weighted by Crippen LogP contribution is -2.23. The van der Waals surface area contributed by atoms with Gasteiger partial charge in [-0.25, -0.2) is 0 Å². The number of carbonyl (C=O) groups excluding carboxylic acids is 2. The van der Waals surface area contributed by atoms with E-state index in [9.17, 15) is 9.59 Å². The molecule has 0 radical (unpaired) electrons. The molecule has 1 aromatic rings. The van der Waals surface area contributed by atoms with Crippen LogP contribution in [0.4, 0.5) is 0 Å². The van der Waals surface area contributed by atoms with Gasteiger partial charge in [0.05, 0.1) is 5.92 Å². The fraction of sp³-hybridized carbons (Fsp3) is 0.273. The van der Waals surface area contributed by atoms with Crippen molar-refractivity contribution in [3.63, 3.8) is 0 Å². The predicted molar refractivity (Wildman–Crippen MR) is 53.7 cm³/mol. The van der Waals surface area contributed by atoms with Gasteiger partial charge in [-0.3, -0.25) is 9.59 Å². The molecule has 0 saturated carbocycles. The van der Waals surface area contributed by atoms with Crippen LogP contribution in [0.15, 0.2) is 30.3 Å². The Hall–Kier alpha value is -1.64. The minimum absolute atomic E-state index is 0.0300. The third kappa shape index (κ3) is 2.69. The summed E-state index contributed by atoms with van der Waals surface area (Å²) >= 11 is 0. The van der Waals surface area contributed by atoms with Crippen LogP contribution in [-0.4, -0.2) is 11.7 Å². The number of primary amides is 1. The second-order valence-corrected chi connectivity index (χ2v) is 3.27. The molecule has 0 saturated heterocycles. The van der Waals surface area contributed by atoms with Gasteiger partial charge in [0.1, 0.15) is 5.78 Å². The van der Waals surface area contributed by atoms with Crippen molar-refractivity contribution in [2.24, 2.45) is 5.73 Å². The van der Waals surface area contributed by atoms with E-state index in [2.05, 4.69) is 0 Å². The van der Waals surface area contributed by atoms with Gasteiger partial charge in [0, 0.05) is 6.42 Å². The zero-order valence-corrected chi connectivity index (χ0v) is 8.07. The summed E-state index contributed by atoms with van der Waals surface area (Å²) < 4.78 is 0. The molecule has 74 valence electrons. The first-order valence-corrected chi connectivity index (χ1v) is 4.45. The number of rotatable bonds is 4. The van der Waals surface area contributed by atoms with E-state index in [1.807, 2.05) is 18.2 Å². The van der Waals surface area contributed by atoms with E-state index in [4.69, 9.17) is 5.73 Å². The molecule has 1 aromatic carbocycles. The van der Waals surface area contributed by atoms with Crippen LogP contribution in [-0.2, 0) is 9.59 Å². The first-order valence-electron chi connectivity index (χ1n) is 4.45. The Morgan fingerprint density at radius 1 is 1.29 bits per heavy atom. The van der Waals surface area contributed by atoms with Gasteiger partial charge in [-0.1, -0.05) is 30.3 Å². The van der Waals surface area contributed by atoms with E-state index in [-0.39, 0.29) is 12.2 Å². The first kappa shape index (κ1) is 10.4. The third-order valence-corrected chi connectivity index (χ3v) is 2.04. The molecule has 1 amide bonds. The second-order valence-electron chi connectivity index (χ2n) is 3.27. The smallest absolute Gasteiger partial charge is 0.225 e. The van der Waals surface area contributed by atoms with Crippen molar-refractivity contribution >= 4 is 11.7 Å². The monoisotopic (exact) mass is 191 g/mol. The van der Waals surface area contributed by atoms with Crippen LogP contribution < -0.4 is 5.73 Å². The largest absolute Gasteiger partial charge is 0.369 e. The van der Waals surface area contributed by atoms with Gasteiger partial charge in [0.2, 0.25) is 5.91 Å². The minimum atomic E-state index is -0.492. The number of hydrogen-bond acceptors (Lipinski definition) is 2. The zero-order chi connectivity index (χ0) is 10.6. The average molecular weight is 191 g/mol. The SMILES string of the molecule is CC(=O)CC(C(N)=O)c1ccccc1. The van der Waals surface area contributed by atoms with Crippen LogP contribution in [0.2, 0.25) is 0 Å².